The van der Waals surface area contributed by atoms with Gasteiger partial charge in [0.2, 0.25) is 0 Å². The van der Waals surface area contributed by atoms with Crippen LogP contribution in [0.25, 0.3) is 5.57 Å². The average Bonchev–Trinajstić information content (AvgIpc) is 2.69. The molecular formula is C21H19N5. The largest absolute Gasteiger partial charge is 0.340 e. The number of rotatable bonds is 4. The van der Waals surface area contributed by atoms with Crippen LogP contribution in [0.2, 0.25) is 0 Å². The lowest BCUT2D eigenvalue weighted by Crippen LogP contribution is -2.33. The molecule has 0 fully saturated rings. The van der Waals surface area contributed by atoms with Gasteiger partial charge in [0.05, 0.1) is 0 Å². The van der Waals surface area contributed by atoms with E-state index in [0.29, 0.717) is 18.8 Å². The van der Waals surface area contributed by atoms with E-state index in [1.807, 2.05) is 59.5 Å². The molecule has 0 bridgehead atoms. The van der Waals surface area contributed by atoms with Crippen molar-refractivity contribution in [1.29, 1.82) is 5.41 Å². The molecule has 4 rings (SSSR count). The Balaban J connectivity index is 1.54. The van der Waals surface area contributed by atoms with E-state index in [2.05, 4.69) is 21.4 Å². The molecule has 3 heterocycles. The Morgan fingerprint density at radius 2 is 1.77 bits per heavy atom. The number of amidine groups is 1. The molecule has 1 aliphatic rings. The van der Waals surface area contributed by atoms with Gasteiger partial charge in [-0.05, 0) is 47.5 Å². The van der Waals surface area contributed by atoms with Gasteiger partial charge < -0.3 is 10.2 Å². The number of aromatic nitrogens is 2. The normalized spacial score (nSPS) is 14.1. The Kier molecular flexibility index (Phi) is 4.43. The van der Waals surface area contributed by atoms with Crippen molar-refractivity contribution in [2.75, 3.05) is 16.8 Å². The molecule has 0 saturated carbocycles. The number of anilines is 3. The zero-order valence-corrected chi connectivity index (χ0v) is 14.3. The maximum Gasteiger partial charge on any atom is 0.130 e. The van der Waals surface area contributed by atoms with Gasteiger partial charge in [0.25, 0.3) is 0 Å². The van der Waals surface area contributed by atoms with E-state index in [1.165, 1.54) is 0 Å². The van der Waals surface area contributed by atoms with Crippen molar-refractivity contribution in [2.24, 2.45) is 0 Å². The minimum Gasteiger partial charge on any atom is -0.340 e. The second kappa shape index (κ2) is 7.19. The zero-order chi connectivity index (χ0) is 17.8. The van der Waals surface area contributed by atoms with Gasteiger partial charge in [0.15, 0.2) is 0 Å². The average molecular weight is 341 g/mol. The van der Waals surface area contributed by atoms with Crippen LogP contribution in [0.1, 0.15) is 12.0 Å². The first-order chi connectivity index (χ1) is 12.8. The lowest BCUT2D eigenvalue weighted by molar-refractivity contribution is 1.05. The van der Waals surface area contributed by atoms with Gasteiger partial charge in [-0.25, -0.2) is 4.98 Å². The second-order valence-corrected chi connectivity index (χ2v) is 6.09. The summed E-state index contributed by atoms with van der Waals surface area (Å²) in [7, 11) is 0. The first-order valence-electron chi connectivity index (χ1n) is 8.52. The smallest absolute Gasteiger partial charge is 0.130 e. The minimum atomic E-state index is 0.586. The molecule has 128 valence electrons. The summed E-state index contributed by atoms with van der Waals surface area (Å²) in [5.41, 5.74) is 4.25. The van der Waals surface area contributed by atoms with E-state index in [-0.39, 0.29) is 0 Å². The second-order valence-electron chi connectivity index (χ2n) is 6.09. The van der Waals surface area contributed by atoms with Crippen molar-refractivity contribution in [2.45, 2.75) is 6.42 Å². The Labute approximate surface area is 152 Å². The molecule has 3 aromatic rings. The molecule has 26 heavy (non-hydrogen) atoms. The highest BCUT2D eigenvalue weighted by atomic mass is 15.2. The summed E-state index contributed by atoms with van der Waals surface area (Å²) in [6, 6.07) is 17.9. The predicted octanol–water partition coefficient (Wildman–Crippen LogP) is 4.49. The molecule has 0 amide bonds. The lowest BCUT2D eigenvalue weighted by Gasteiger charge is -2.29. The van der Waals surface area contributed by atoms with Crippen LogP contribution >= 0.6 is 0 Å². The van der Waals surface area contributed by atoms with Gasteiger partial charge in [-0.2, -0.15) is 0 Å². The number of hydrogen-bond donors (Lipinski definition) is 2. The molecule has 0 spiro atoms. The van der Waals surface area contributed by atoms with Crippen molar-refractivity contribution in [3.63, 3.8) is 0 Å². The van der Waals surface area contributed by atoms with Crippen molar-refractivity contribution in [3.8, 4) is 0 Å². The molecule has 2 aromatic heterocycles. The highest BCUT2D eigenvalue weighted by Gasteiger charge is 2.19. The van der Waals surface area contributed by atoms with Gasteiger partial charge >= 0.3 is 0 Å². The van der Waals surface area contributed by atoms with Crippen LogP contribution < -0.4 is 10.2 Å². The van der Waals surface area contributed by atoms with E-state index in [1.54, 1.807) is 18.6 Å². The topological polar surface area (TPSA) is 64.9 Å². The van der Waals surface area contributed by atoms with E-state index in [0.717, 1.165) is 28.3 Å². The number of nitrogens with one attached hydrogen (secondary N) is 2. The van der Waals surface area contributed by atoms with E-state index in [9.17, 15) is 0 Å². The molecule has 0 unspecified atom stereocenters. The first-order valence-corrected chi connectivity index (χ1v) is 8.52. The molecule has 1 aromatic carbocycles. The molecule has 0 radical (unpaired) electrons. The summed E-state index contributed by atoms with van der Waals surface area (Å²) in [5.74, 6) is 1.39. The van der Waals surface area contributed by atoms with E-state index < -0.39 is 0 Å². The molecular weight excluding hydrogens is 322 g/mol. The Morgan fingerprint density at radius 1 is 0.962 bits per heavy atom. The van der Waals surface area contributed by atoms with Crippen molar-refractivity contribution in [1.82, 2.24) is 9.97 Å². The van der Waals surface area contributed by atoms with Crippen LogP contribution in [-0.2, 0) is 0 Å². The van der Waals surface area contributed by atoms with E-state index in [4.69, 9.17) is 5.41 Å². The number of pyridine rings is 2. The van der Waals surface area contributed by atoms with Crippen LogP contribution in [0.15, 0.2) is 79.3 Å². The summed E-state index contributed by atoms with van der Waals surface area (Å²) < 4.78 is 0. The molecule has 0 aliphatic carbocycles. The number of nitrogens with zero attached hydrogens (tertiary/aromatic N) is 3. The number of para-hydroxylation sites is 1. The predicted molar refractivity (Wildman–Crippen MR) is 106 cm³/mol. The van der Waals surface area contributed by atoms with Crippen LogP contribution in [0.3, 0.4) is 0 Å². The van der Waals surface area contributed by atoms with Crippen LogP contribution in [0.4, 0.5) is 17.2 Å². The third-order valence-corrected chi connectivity index (χ3v) is 4.36. The van der Waals surface area contributed by atoms with E-state index >= 15 is 0 Å². The fourth-order valence-corrected chi connectivity index (χ4v) is 3.03. The summed E-state index contributed by atoms with van der Waals surface area (Å²) in [6.45, 7) is 0.682. The summed E-state index contributed by atoms with van der Waals surface area (Å²) >= 11 is 0. The zero-order valence-electron chi connectivity index (χ0n) is 14.3. The van der Waals surface area contributed by atoms with Crippen LogP contribution in [0.5, 0.6) is 0 Å². The van der Waals surface area contributed by atoms with Gasteiger partial charge in [0, 0.05) is 42.9 Å². The highest BCUT2D eigenvalue weighted by Crippen LogP contribution is 2.27. The first kappa shape index (κ1) is 16.0. The summed E-state index contributed by atoms with van der Waals surface area (Å²) in [5, 5.41) is 11.7. The van der Waals surface area contributed by atoms with Crippen molar-refractivity contribution >= 4 is 28.6 Å². The molecule has 2 N–H and O–H groups in total. The highest BCUT2D eigenvalue weighted by molar-refractivity contribution is 6.04. The molecule has 5 heteroatoms. The number of hydrogen-bond acceptors (Lipinski definition) is 4. The fourth-order valence-electron chi connectivity index (χ4n) is 3.03. The third kappa shape index (κ3) is 3.47. The lowest BCUT2D eigenvalue weighted by atomic mass is 9.99. The summed E-state index contributed by atoms with van der Waals surface area (Å²) in [4.78, 5) is 10.4. The SMILES string of the molecule is N=C1CC(c2ccnc(Nc3ccccc3)c2)=CCN1c1ccncc1. The molecule has 5 nitrogen and oxygen atoms in total. The monoisotopic (exact) mass is 341 g/mol. The quantitative estimate of drug-likeness (QED) is 0.734. The van der Waals surface area contributed by atoms with Gasteiger partial charge in [0.1, 0.15) is 11.7 Å². The molecule has 1 aliphatic heterocycles. The van der Waals surface area contributed by atoms with Crippen molar-refractivity contribution in [3.05, 3.63) is 84.8 Å². The Morgan fingerprint density at radius 3 is 2.54 bits per heavy atom. The maximum atomic E-state index is 8.43. The molecule has 0 atom stereocenters. The van der Waals surface area contributed by atoms with Crippen LogP contribution in [0, 0.1) is 5.41 Å². The standard InChI is InChI=1S/C21H19N5/c22-20-14-17(9-13-26(20)19-7-10-23-11-8-19)16-6-12-24-21(15-16)25-18-4-2-1-3-5-18/h1-12,15,22H,13-14H2,(H,24,25). The number of benzene rings is 1. The Bertz CT molecular complexity index is 935. The molecule has 0 saturated heterocycles. The van der Waals surface area contributed by atoms with Gasteiger partial charge in [-0.1, -0.05) is 24.3 Å². The van der Waals surface area contributed by atoms with Gasteiger partial charge in [-0.3, -0.25) is 10.4 Å². The fraction of sp³-hybridized carbons (Fsp3) is 0.0952. The van der Waals surface area contributed by atoms with Crippen molar-refractivity contribution < 1.29 is 0 Å². The van der Waals surface area contributed by atoms with Crippen LogP contribution in [-0.4, -0.2) is 22.3 Å². The third-order valence-electron chi connectivity index (χ3n) is 4.36. The minimum absolute atomic E-state index is 0.586. The summed E-state index contributed by atoms with van der Waals surface area (Å²) in [6.07, 6.45) is 8.09. The van der Waals surface area contributed by atoms with Gasteiger partial charge in [-0.15, -0.1) is 0 Å². The maximum absolute atomic E-state index is 8.43. The Hall–Kier alpha value is -3.47.